The summed E-state index contributed by atoms with van der Waals surface area (Å²) in [5.41, 5.74) is 0.0834. The van der Waals surface area contributed by atoms with Gasteiger partial charge in [0.25, 0.3) is 5.91 Å². The number of carbonyl (C=O) groups is 3. The first-order chi connectivity index (χ1) is 16.6. The number of aryl methyl sites for hydroxylation is 1. The van der Waals surface area contributed by atoms with Crippen LogP contribution in [-0.4, -0.2) is 73.9 Å². The van der Waals surface area contributed by atoms with Gasteiger partial charge in [-0.3, -0.25) is 19.3 Å². The molecule has 0 bridgehead atoms. The van der Waals surface area contributed by atoms with Crippen molar-refractivity contribution in [2.45, 2.75) is 13.1 Å². The molecule has 1 heterocycles. The summed E-state index contributed by atoms with van der Waals surface area (Å²) in [4.78, 5) is 40.3. The number of halogens is 3. The first-order valence-electron chi connectivity index (χ1n) is 11.0. The van der Waals surface area contributed by atoms with Gasteiger partial charge >= 0.3 is 6.18 Å². The summed E-state index contributed by atoms with van der Waals surface area (Å²) in [7, 11) is 1.49. The zero-order valence-corrected chi connectivity index (χ0v) is 19.4. The molecule has 1 aliphatic heterocycles. The quantitative estimate of drug-likeness (QED) is 0.620. The molecule has 0 unspecified atom stereocenters. The second-order valence-electron chi connectivity index (χ2n) is 8.14. The molecular formula is C24H27F3N4O4. The van der Waals surface area contributed by atoms with Gasteiger partial charge in [0.2, 0.25) is 11.8 Å². The lowest BCUT2D eigenvalue weighted by molar-refractivity contribution is -0.138. The van der Waals surface area contributed by atoms with Crippen LogP contribution in [0.1, 0.15) is 21.5 Å². The minimum atomic E-state index is -4.62. The van der Waals surface area contributed by atoms with Crippen LogP contribution in [0.3, 0.4) is 0 Å². The molecule has 11 heteroatoms. The van der Waals surface area contributed by atoms with E-state index >= 15 is 0 Å². The maximum absolute atomic E-state index is 13.2. The summed E-state index contributed by atoms with van der Waals surface area (Å²) in [5, 5.41) is 5.24. The molecule has 1 saturated heterocycles. The topological polar surface area (TPSA) is 91.0 Å². The Morgan fingerprint density at radius 3 is 2.34 bits per heavy atom. The minimum absolute atomic E-state index is 0.00220. The Morgan fingerprint density at radius 1 is 1.00 bits per heavy atom. The molecule has 0 spiro atoms. The van der Waals surface area contributed by atoms with Gasteiger partial charge in [-0.1, -0.05) is 18.2 Å². The molecule has 0 aromatic heterocycles. The van der Waals surface area contributed by atoms with Gasteiger partial charge in [0.05, 0.1) is 37.0 Å². The monoisotopic (exact) mass is 492 g/mol. The van der Waals surface area contributed by atoms with Crippen LogP contribution in [0.15, 0.2) is 42.5 Å². The third-order valence-electron chi connectivity index (χ3n) is 5.56. The molecule has 0 atom stereocenters. The molecule has 2 aromatic rings. The van der Waals surface area contributed by atoms with Crippen molar-refractivity contribution in [3.8, 4) is 5.75 Å². The van der Waals surface area contributed by atoms with Gasteiger partial charge in [0.15, 0.2) is 0 Å². The van der Waals surface area contributed by atoms with Gasteiger partial charge in [-0.05, 0) is 36.8 Å². The number of amides is 3. The van der Waals surface area contributed by atoms with Crippen molar-refractivity contribution in [1.29, 1.82) is 0 Å². The summed E-state index contributed by atoms with van der Waals surface area (Å²) in [6, 6.07) is 10.0. The van der Waals surface area contributed by atoms with Crippen molar-refractivity contribution in [3.63, 3.8) is 0 Å². The van der Waals surface area contributed by atoms with Crippen LogP contribution in [0, 0.1) is 6.92 Å². The van der Waals surface area contributed by atoms with Gasteiger partial charge < -0.3 is 20.3 Å². The number of nitrogens with one attached hydrogen (secondary N) is 2. The summed E-state index contributed by atoms with van der Waals surface area (Å²) in [5.74, 6) is -0.981. The number of anilines is 1. The van der Waals surface area contributed by atoms with E-state index in [0.717, 1.165) is 11.6 Å². The highest BCUT2D eigenvalue weighted by molar-refractivity contribution is 5.96. The lowest BCUT2D eigenvalue weighted by Gasteiger charge is -2.34. The number of hydrogen-bond donors (Lipinski definition) is 2. The second-order valence-corrected chi connectivity index (χ2v) is 8.14. The number of nitrogens with zero attached hydrogens (tertiary/aromatic N) is 2. The van der Waals surface area contributed by atoms with Gasteiger partial charge in [0.1, 0.15) is 5.75 Å². The van der Waals surface area contributed by atoms with Crippen LogP contribution in [0.2, 0.25) is 0 Å². The molecule has 2 aromatic carbocycles. The Hall–Kier alpha value is -3.60. The number of alkyl halides is 3. The zero-order chi connectivity index (χ0) is 25.6. The van der Waals surface area contributed by atoms with Gasteiger partial charge in [-0.25, -0.2) is 0 Å². The maximum atomic E-state index is 13.2. The highest BCUT2D eigenvalue weighted by atomic mass is 19.4. The third-order valence-corrected chi connectivity index (χ3v) is 5.56. The number of methoxy groups -OCH3 is 1. The number of piperazine rings is 1. The van der Waals surface area contributed by atoms with Crippen molar-refractivity contribution in [2.24, 2.45) is 0 Å². The summed E-state index contributed by atoms with van der Waals surface area (Å²) in [6.45, 7) is 2.65. The van der Waals surface area contributed by atoms with Crippen molar-refractivity contribution in [2.75, 3.05) is 51.7 Å². The Morgan fingerprint density at radius 2 is 1.69 bits per heavy atom. The Bertz CT molecular complexity index is 1080. The van der Waals surface area contributed by atoms with Crippen molar-refractivity contribution < 1.29 is 32.3 Å². The van der Waals surface area contributed by atoms with Crippen molar-refractivity contribution >= 4 is 23.4 Å². The fourth-order valence-corrected chi connectivity index (χ4v) is 3.75. The van der Waals surface area contributed by atoms with Crippen LogP contribution in [0.5, 0.6) is 5.75 Å². The van der Waals surface area contributed by atoms with E-state index in [1.165, 1.54) is 30.2 Å². The molecule has 1 fully saturated rings. The average Bonchev–Trinajstić information content (AvgIpc) is 2.82. The highest BCUT2D eigenvalue weighted by Crippen LogP contribution is 2.32. The molecule has 0 radical (unpaired) electrons. The molecule has 3 rings (SSSR count). The molecule has 188 valence electrons. The minimum Gasteiger partial charge on any atom is -0.495 e. The van der Waals surface area contributed by atoms with E-state index in [0.29, 0.717) is 24.5 Å². The predicted molar refractivity (Wildman–Crippen MR) is 123 cm³/mol. The van der Waals surface area contributed by atoms with Crippen LogP contribution in [-0.2, 0) is 15.8 Å². The van der Waals surface area contributed by atoms with E-state index in [2.05, 4.69) is 10.6 Å². The molecule has 35 heavy (non-hydrogen) atoms. The molecule has 1 aliphatic rings. The first kappa shape index (κ1) is 26.0. The zero-order valence-electron chi connectivity index (χ0n) is 19.4. The number of ether oxygens (including phenoxy) is 1. The van der Waals surface area contributed by atoms with E-state index in [1.807, 2.05) is 13.0 Å². The predicted octanol–water partition coefficient (Wildman–Crippen LogP) is 2.54. The third kappa shape index (κ3) is 6.95. The van der Waals surface area contributed by atoms with Crippen LogP contribution >= 0.6 is 0 Å². The lowest BCUT2D eigenvalue weighted by Crippen LogP contribution is -2.51. The van der Waals surface area contributed by atoms with E-state index in [9.17, 15) is 27.6 Å². The van der Waals surface area contributed by atoms with E-state index in [1.54, 1.807) is 17.0 Å². The molecule has 8 nitrogen and oxygen atoms in total. The molecular weight excluding hydrogens is 465 g/mol. The van der Waals surface area contributed by atoms with E-state index in [-0.39, 0.29) is 37.6 Å². The summed E-state index contributed by atoms with van der Waals surface area (Å²) in [6.07, 6.45) is -4.62. The Kier molecular flexibility index (Phi) is 8.34. The lowest BCUT2D eigenvalue weighted by atomic mass is 10.1. The fraction of sp³-hybridized carbons (Fsp3) is 0.375. The largest absolute Gasteiger partial charge is 0.495 e. The first-order valence-corrected chi connectivity index (χ1v) is 11.0. The SMILES string of the molecule is COc1ccc(C)cc1NC(=O)CNC(=O)CN1CCN(C(=O)c2ccccc2C(F)(F)F)CC1. The standard InChI is InChI=1S/C24H27F3N4O4/c1-16-7-8-20(35-2)19(13-16)29-21(32)14-28-22(33)15-30-9-11-31(12-10-30)23(34)17-5-3-4-6-18(17)24(25,26)27/h3-8,13H,9-12,14-15H2,1-2H3,(H,28,33)(H,29,32). The maximum Gasteiger partial charge on any atom is 0.417 e. The smallest absolute Gasteiger partial charge is 0.417 e. The van der Waals surface area contributed by atoms with E-state index in [4.69, 9.17) is 4.74 Å². The molecule has 0 saturated carbocycles. The van der Waals surface area contributed by atoms with Crippen LogP contribution in [0.4, 0.5) is 18.9 Å². The normalized spacial score (nSPS) is 14.4. The number of hydrogen-bond acceptors (Lipinski definition) is 5. The number of benzene rings is 2. The van der Waals surface area contributed by atoms with E-state index < -0.39 is 23.6 Å². The Balaban J connectivity index is 1.46. The highest BCUT2D eigenvalue weighted by Gasteiger charge is 2.36. The van der Waals surface area contributed by atoms with Crippen molar-refractivity contribution in [1.82, 2.24) is 15.1 Å². The molecule has 2 N–H and O–H groups in total. The fourth-order valence-electron chi connectivity index (χ4n) is 3.75. The van der Waals surface area contributed by atoms with Crippen molar-refractivity contribution in [3.05, 3.63) is 59.2 Å². The van der Waals surface area contributed by atoms with Crippen LogP contribution < -0.4 is 15.4 Å². The molecule has 3 amide bonds. The molecule has 0 aliphatic carbocycles. The Labute approximate surface area is 201 Å². The number of rotatable bonds is 7. The average molecular weight is 492 g/mol. The summed E-state index contributed by atoms with van der Waals surface area (Å²) < 4.78 is 44.9. The summed E-state index contributed by atoms with van der Waals surface area (Å²) >= 11 is 0. The van der Waals surface area contributed by atoms with Gasteiger partial charge in [-0.2, -0.15) is 13.2 Å². The number of carbonyl (C=O) groups excluding carboxylic acids is 3. The van der Waals surface area contributed by atoms with Gasteiger partial charge in [0, 0.05) is 26.2 Å². The van der Waals surface area contributed by atoms with Crippen LogP contribution in [0.25, 0.3) is 0 Å². The van der Waals surface area contributed by atoms with Gasteiger partial charge in [-0.15, -0.1) is 0 Å². The second kappa shape index (κ2) is 11.2.